The van der Waals surface area contributed by atoms with Crippen LogP contribution in [0.5, 0.6) is 0 Å². The zero-order valence-corrected chi connectivity index (χ0v) is 10.7. The lowest BCUT2D eigenvalue weighted by atomic mass is 10.1. The Morgan fingerprint density at radius 2 is 2.05 bits per heavy atom. The molecule has 0 bridgehead atoms. The van der Waals surface area contributed by atoms with Crippen molar-refractivity contribution in [2.45, 2.75) is 19.4 Å². The molecule has 0 fully saturated rings. The number of nitrogens with zero attached hydrogens (tertiary/aromatic N) is 2. The maximum absolute atomic E-state index is 11.4. The number of aliphatic hydroxyl groups excluding tert-OH is 2. The molecule has 0 spiro atoms. The van der Waals surface area contributed by atoms with Gasteiger partial charge >= 0.3 is 5.97 Å². The molecule has 0 saturated heterocycles. The lowest BCUT2D eigenvalue weighted by Gasteiger charge is -2.22. The summed E-state index contributed by atoms with van der Waals surface area (Å²) in [6.45, 7) is 1.53. The van der Waals surface area contributed by atoms with Gasteiger partial charge in [-0.15, -0.1) is 0 Å². The Morgan fingerprint density at radius 1 is 1.40 bits per heavy atom. The number of nitro benzene ring substituents is 1. The minimum Gasteiger partial charge on any atom is -0.465 e. The summed E-state index contributed by atoms with van der Waals surface area (Å²) in [5.74, 6) is -0.590. The number of benzene rings is 1. The lowest BCUT2D eigenvalue weighted by molar-refractivity contribution is -0.385. The van der Waals surface area contributed by atoms with Crippen LogP contribution >= 0.6 is 0 Å². The average molecular weight is 282 g/mol. The molecule has 8 nitrogen and oxygen atoms in total. The molecule has 8 heteroatoms. The smallest absolute Gasteiger partial charge is 0.320 e. The van der Waals surface area contributed by atoms with E-state index in [2.05, 4.69) is 0 Å². The molecule has 1 aliphatic rings. The van der Waals surface area contributed by atoms with Crippen LogP contribution in [-0.2, 0) is 9.53 Å². The van der Waals surface area contributed by atoms with Crippen LogP contribution in [0.15, 0.2) is 18.2 Å². The predicted molar refractivity (Wildman–Crippen MR) is 66.4 cm³/mol. The van der Waals surface area contributed by atoms with Crippen molar-refractivity contribution in [1.82, 2.24) is 4.90 Å². The first-order valence-corrected chi connectivity index (χ1v) is 6.01. The molecule has 1 aliphatic heterocycles. The SMILES string of the molecule is CCOC(=O)CN1C(O)c2ccc([N+](=O)[O-])cc2C1O. The third kappa shape index (κ3) is 2.48. The number of ether oxygens (including phenoxy) is 1. The summed E-state index contributed by atoms with van der Waals surface area (Å²) in [5, 5.41) is 30.8. The molecule has 2 atom stereocenters. The Labute approximate surface area is 114 Å². The quantitative estimate of drug-likeness (QED) is 0.468. The van der Waals surface area contributed by atoms with Crippen LogP contribution in [0, 0.1) is 10.1 Å². The maximum Gasteiger partial charge on any atom is 0.320 e. The molecule has 0 radical (unpaired) electrons. The first kappa shape index (κ1) is 14.4. The van der Waals surface area contributed by atoms with Crippen LogP contribution in [-0.4, -0.2) is 39.2 Å². The van der Waals surface area contributed by atoms with Gasteiger partial charge in [0.15, 0.2) is 0 Å². The highest BCUT2D eigenvalue weighted by Crippen LogP contribution is 2.40. The monoisotopic (exact) mass is 282 g/mol. The van der Waals surface area contributed by atoms with Gasteiger partial charge in [0.1, 0.15) is 19.0 Å². The number of non-ortho nitro benzene ring substituents is 1. The van der Waals surface area contributed by atoms with Gasteiger partial charge < -0.3 is 14.9 Å². The van der Waals surface area contributed by atoms with Crippen molar-refractivity contribution in [2.75, 3.05) is 13.2 Å². The highest BCUT2D eigenvalue weighted by Gasteiger charge is 2.38. The van der Waals surface area contributed by atoms with E-state index in [-0.39, 0.29) is 24.4 Å². The van der Waals surface area contributed by atoms with Crippen LogP contribution in [0.4, 0.5) is 5.69 Å². The van der Waals surface area contributed by atoms with Crippen molar-refractivity contribution in [3.8, 4) is 0 Å². The Hall–Kier alpha value is -2.03. The van der Waals surface area contributed by atoms with Crippen LogP contribution < -0.4 is 0 Å². The number of esters is 1. The minimum atomic E-state index is -1.29. The number of nitro groups is 1. The van der Waals surface area contributed by atoms with Gasteiger partial charge in [-0.1, -0.05) is 0 Å². The van der Waals surface area contributed by atoms with Crippen LogP contribution in [0.25, 0.3) is 0 Å². The number of carbonyl (C=O) groups excluding carboxylic acids is 1. The predicted octanol–water partition coefficient (Wildman–Crippen LogP) is 0.455. The number of aliphatic hydroxyl groups is 2. The van der Waals surface area contributed by atoms with Gasteiger partial charge in [0.25, 0.3) is 5.69 Å². The maximum atomic E-state index is 11.4. The number of hydrogen-bond acceptors (Lipinski definition) is 7. The third-order valence-corrected chi connectivity index (χ3v) is 3.08. The second kappa shape index (κ2) is 5.53. The molecular formula is C12H14N2O6. The van der Waals surface area contributed by atoms with Crippen LogP contribution in [0.2, 0.25) is 0 Å². The fourth-order valence-corrected chi connectivity index (χ4v) is 2.15. The molecule has 0 aromatic heterocycles. The average Bonchev–Trinajstić information content (AvgIpc) is 2.64. The highest BCUT2D eigenvalue weighted by atomic mass is 16.6. The van der Waals surface area contributed by atoms with Crippen molar-refractivity contribution in [1.29, 1.82) is 0 Å². The fourth-order valence-electron chi connectivity index (χ4n) is 2.15. The molecule has 0 saturated carbocycles. The zero-order valence-electron chi connectivity index (χ0n) is 10.7. The van der Waals surface area contributed by atoms with E-state index < -0.39 is 23.3 Å². The first-order valence-electron chi connectivity index (χ1n) is 6.01. The second-order valence-electron chi connectivity index (χ2n) is 4.30. The Balaban J connectivity index is 2.25. The van der Waals surface area contributed by atoms with Crippen molar-refractivity contribution in [3.05, 3.63) is 39.4 Å². The summed E-state index contributed by atoms with van der Waals surface area (Å²) in [7, 11) is 0. The largest absolute Gasteiger partial charge is 0.465 e. The zero-order chi connectivity index (χ0) is 14.9. The van der Waals surface area contributed by atoms with E-state index in [1.807, 2.05) is 0 Å². The van der Waals surface area contributed by atoms with Gasteiger partial charge in [-0.05, 0) is 13.0 Å². The molecule has 1 heterocycles. The molecule has 0 aliphatic carbocycles. The topological polar surface area (TPSA) is 113 Å². The van der Waals surface area contributed by atoms with Gasteiger partial charge in [-0.3, -0.25) is 14.9 Å². The molecule has 2 unspecified atom stereocenters. The van der Waals surface area contributed by atoms with Crippen molar-refractivity contribution >= 4 is 11.7 Å². The van der Waals surface area contributed by atoms with E-state index in [1.54, 1.807) is 6.92 Å². The highest BCUT2D eigenvalue weighted by molar-refractivity contribution is 5.72. The van der Waals surface area contributed by atoms with Crippen LogP contribution in [0.3, 0.4) is 0 Å². The number of rotatable bonds is 4. The second-order valence-corrected chi connectivity index (χ2v) is 4.30. The summed E-state index contributed by atoms with van der Waals surface area (Å²) in [4.78, 5) is 22.6. The van der Waals surface area contributed by atoms with Crippen molar-refractivity contribution < 1.29 is 24.7 Å². The minimum absolute atomic E-state index is 0.187. The molecule has 108 valence electrons. The van der Waals surface area contributed by atoms with E-state index in [9.17, 15) is 25.1 Å². The van der Waals surface area contributed by atoms with E-state index in [1.165, 1.54) is 18.2 Å². The van der Waals surface area contributed by atoms with Crippen molar-refractivity contribution in [3.63, 3.8) is 0 Å². The van der Waals surface area contributed by atoms with Gasteiger partial charge in [0.05, 0.1) is 11.5 Å². The standard InChI is InChI=1S/C12H14N2O6/c1-2-20-10(15)6-13-11(16)8-4-3-7(14(18)19)5-9(8)12(13)17/h3-5,11-12,16-17H,2,6H2,1H3. The molecule has 2 N–H and O–H groups in total. The number of fused-ring (bicyclic) bond motifs is 1. The van der Waals surface area contributed by atoms with E-state index >= 15 is 0 Å². The first-order chi connectivity index (χ1) is 9.45. The normalized spacial score (nSPS) is 21.6. The lowest BCUT2D eigenvalue weighted by Crippen LogP contribution is -2.32. The molecule has 1 aromatic carbocycles. The van der Waals surface area contributed by atoms with E-state index in [0.29, 0.717) is 5.56 Å². The molecular weight excluding hydrogens is 268 g/mol. The van der Waals surface area contributed by atoms with Crippen molar-refractivity contribution in [2.24, 2.45) is 0 Å². The fraction of sp³-hybridized carbons (Fsp3) is 0.417. The summed E-state index contributed by atoms with van der Waals surface area (Å²) in [6, 6.07) is 3.80. The molecule has 0 amide bonds. The van der Waals surface area contributed by atoms with Gasteiger partial charge in [-0.2, -0.15) is 0 Å². The van der Waals surface area contributed by atoms with Gasteiger partial charge in [0, 0.05) is 23.3 Å². The molecule has 1 aromatic rings. The molecule has 2 rings (SSSR count). The summed E-state index contributed by atoms with van der Waals surface area (Å²) >= 11 is 0. The van der Waals surface area contributed by atoms with E-state index in [0.717, 1.165) is 4.90 Å². The van der Waals surface area contributed by atoms with E-state index in [4.69, 9.17) is 4.74 Å². The number of carbonyl (C=O) groups is 1. The van der Waals surface area contributed by atoms with Gasteiger partial charge in [-0.25, -0.2) is 4.90 Å². The Morgan fingerprint density at radius 3 is 2.65 bits per heavy atom. The summed E-state index contributed by atoms with van der Waals surface area (Å²) in [6.07, 6.45) is -2.49. The van der Waals surface area contributed by atoms with Gasteiger partial charge in [0.2, 0.25) is 0 Å². The van der Waals surface area contributed by atoms with Crippen LogP contribution in [0.1, 0.15) is 30.5 Å². The molecule has 20 heavy (non-hydrogen) atoms. The Kier molecular flexibility index (Phi) is 3.98. The number of hydrogen-bond donors (Lipinski definition) is 2. The third-order valence-electron chi connectivity index (χ3n) is 3.08. The summed E-state index contributed by atoms with van der Waals surface area (Å²) in [5.41, 5.74) is 0.372. The Bertz CT molecular complexity index is 547. The summed E-state index contributed by atoms with van der Waals surface area (Å²) < 4.78 is 4.75.